The van der Waals surface area contributed by atoms with Gasteiger partial charge in [0, 0.05) is 5.92 Å². The van der Waals surface area contributed by atoms with Crippen LogP contribution in [0.1, 0.15) is 40.0 Å². The summed E-state index contributed by atoms with van der Waals surface area (Å²) in [6.07, 6.45) is 0.489. The Morgan fingerprint density at radius 1 is 1.35 bits per heavy atom. The van der Waals surface area contributed by atoms with E-state index >= 15 is 0 Å². The predicted molar refractivity (Wildman–Crippen MR) is 66.4 cm³/mol. The van der Waals surface area contributed by atoms with Gasteiger partial charge in [0.1, 0.15) is 0 Å². The maximum Gasteiger partial charge on any atom is 0.223 e. The van der Waals surface area contributed by atoms with Gasteiger partial charge in [-0.05, 0) is 26.3 Å². The van der Waals surface area contributed by atoms with Crippen molar-refractivity contribution in [2.45, 2.75) is 52.2 Å². The van der Waals surface area contributed by atoms with Crippen LogP contribution in [0.3, 0.4) is 0 Å². The number of hydrogen-bond donors (Lipinski definition) is 3. The van der Waals surface area contributed by atoms with Gasteiger partial charge in [0.2, 0.25) is 5.91 Å². The van der Waals surface area contributed by atoms with Gasteiger partial charge in [-0.3, -0.25) is 9.59 Å². The molecule has 5 nitrogen and oxygen atoms in total. The van der Waals surface area contributed by atoms with E-state index in [4.69, 9.17) is 10.8 Å². The molecule has 0 spiro atoms. The Hall–Kier alpha value is -0.940. The molecule has 0 aliphatic heterocycles. The minimum absolute atomic E-state index is 0.00879. The second-order valence-corrected chi connectivity index (χ2v) is 4.46. The van der Waals surface area contributed by atoms with Gasteiger partial charge in [-0.1, -0.05) is 13.8 Å². The summed E-state index contributed by atoms with van der Waals surface area (Å²) < 4.78 is 0. The number of rotatable bonds is 8. The van der Waals surface area contributed by atoms with Gasteiger partial charge < -0.3 is 16.2 Å². The number of amides is 1. The fourth-order valence-electron chi connectivity index (χ4n) is 1.52. The topological polar surface area (TPSA) is 92.4 Å². The lowest BCUT2D eigenvalue weighted by Gasteiger charge is -2.20. The Bertz CT molecular complexity index is 254. The molecule has 4 N–H and O–H groups in total. The molecule has 0 radical (unpaired) electrons. The molecule has 0 saturated heterocycles. The van der Waals surface area contributed by atoms with E-state index in [0.29, 0.717) is 13.0 Å². The number of carbonyl (C=O) groups is 2. The largest absolute Gasteiger partial charge is 0.393 e. The molecule has 100 valence electrons. The molecule has 0 aromatic rings. The van der Waals surface area contributed by atoms with Crippen LogP contribution in [0.4, 0.5) is 0 Å². The molecule has 1 unspecified atom stereocenters. The molecular formula is C12H24N2O3. The first-order valence-corrected chi connectivity index (χ1v) is 6.13. The van der Waals surface area contributed by atoms with Crippen LogP contribution in [0.2, 0.25) is 0 Å². The third kappa shape index (κ3) is 6.38. The lowest BCUT2D eigenvalue weighted by atomic mass is 9.95. The standard InChI is InChI=1S/C12H24N2O3/c1-4-8(2)12(17)10(5-6-13)14-11(16)7-9(3)15/h8-10,15H,4-7,13H2,1-3H3,(H,14,16)/t8?,9-,10-/m0/s1. The molecule has 0 aromatic heterocycles. The molecule has 0 aliphatic rings. The average Bonchev–Trinajstić information content (AvgIpc) is 2.25. The van der Waals surface area contributed by atoms with Crippen molar-refractivity contribution in [1.82, 2.24) is 5.32 Å². The van der Waals surface area contributed by atoms with Gasteiger partial charge >= 0.3 is 0 Å². The fourth-order valence-corrected chi connectivity index (χ4v) is 1.52. The molecule has 3 atom stereocenters. The van der Waals surface area contributed by atoms with Crippen molar-refractivity contribution < 1.29 is 14.7 Å². The van der Waals surface area contributed by atoms with Gasteiger partial charge in [0.05, 0.1) is 18.6 Å². The van der Waals surface area contributed by atoms with E-state index in [0.717, 1.165) is 6.42 Å². The first-order chi connectivity index (χ1) is 7.92. The van der Waals surface area contributed by atoms with Crippen molar-refractivity contribution in [3.05, 3.63) is 0 Å². The third-order valence-corrected chi connectivity index (χ3v) is 2.71. The van der Waals surface area contributed by atoms with E-state index in [-0.39, 0.29) is 24.0 Å². The number of aliphatic hydroxyl groups is 1. The molecule has 0 saturated carbocycles. The molecule has 0 bridgehead atoms. The van der Waals surface area contributed by atoms with E-state index in [1.54, 1.807) is 0 Å². The smallest absolute Gasteiger partial charge is 0.223 e. The molecule has 0 aliphatic carbocycles. The Balaban J connectivity index is 4.42. The number of aliphatic hydroxyl groups excluding tert-OH is 1. The second kappa shape index (κ2) is 8.20. The van der Waals surface area contributed by atoms with E-state index in [2.05, 4.69) is 5.32 Å². The summed E-state index contributed by atoms with van der Waals surface area (Å²) in [4.78, 5) is 23.4. The van der Waals surface area contributed by atoms with Crippen LogP contribution in [-0.4, -0.2) is 35.5 Å². The molecule has 5 heteroatoms. The van der Waals surface area contributed by atoms with E-state index in [1.165, 1.54) is 6.92 Å². The molecule has 0 heterocycles. The molecule has 17 heavy (non-hydrogen) atoms. The maximum absolute atomic E-state index is 12.0. The van der Waals surface area contributed by atoms with Crippen molar-refractivity contribution in [3.63, 3.8) is 0 Å². The van der Waals surface area contributed by atoms with Crippen LogP contribution in [0.25, 0.3) is 0 Å². The number of hydrogen-bond acceptors (Lipinski definition) is 4. The Morgan fingerprint density at radius 2 is 1.94 bits per heavy atom. The molecule has 1 amide bonds. The Kier molecular flexibility index (Phi) is 7.74. The van der Waals surface area contributed by atoms with Crippen molar-refractivity contribution in [2.24, 2.45) is 11.7 Å². The highest BCUT2D eigenvalue weighted by Gasteiger charge is 2.23. The monoisotopic (exact) mass is 244 g/mol. The van der Waals surface area contributed by atoms with Gasteiger partial charge in [-0.25, -0.2) is 0 Å². The second-order valence-electron chi connectivity index (χ2n) is 4.46. The summed E-state index contributed by atoms with van der Waals surface area (Å²) in [7, 11) is 0. The van der Waals surface area contributed by atoms with Crippen LogP contribution in [-0.2, 0) is 9.59 Å². The third-order valence-electron chi connectivity index (χ3n) is 2.71. The number of Topliss-reactive ketones (excluding diaryl/α,β-unsaturated/α-hetero) is 1. The maximum atomic E-state index is 12.0. The Labute approximate surface area is 103 Å². The summed E-state index contributed by atoms with van der Waals surface area (Å²) in [6, 6.07) is -0.527. The summed E-state index contributed by atoms with van der Waals surface area (Å²) in [6.45, 7) is 5.65. The quantitative estimate of drug-likeness (QED) is 0.569. The zero-order chi connectivity index (χ0) is 13.4. The van der Waals surface area contributed by atoms with Crippen LogP contribution in [0.5, 0.6) is 0 Å². The normalized spacial score (nSPS) is 16.1. The van der Waals surface area contributed by atoms with E-state index < -0.39 is 12.1 Å². The summed E-state index contributed by atoms with van der Waals surface area (Å²) >= 11 is 0. The summed E-state index contributed by atoms with van der Waals surface area (Å²) in [5.74, 6) is -0.384. The van der Waals surface area contributed by atoms with Crippen molar-refractivity contribution in [3.8, 4) is 0 Å². The number of nitrogens with one attached hydrogen (secondary N) is 1. The van der Waals surface area contributed by atoms with Crippen molar-refractivity contribution in [2.75, 3.05) is 6.54 Å². The molecule has 0 aromatic carbocycles. The zero-order valence-corrected chi connectivity index (χ0v) is 10.9. The number of ketones is 1. The SMILES string of the molecule is CCC(C)C(=O)[C@H](CCN)NC(=O)C[C@H](C)O. The summed E-state index contributed by atoms with van der Waals surface area (Å²) in [5.41, 5.74) is 5.43. The van der Waals surface area contributed by atoms with Crippen LogP contribution < -0.4 is 11.1 Å². The summed E-state index contributed by atoms with van der Waals surface area (Å²) in [5, 5.41) is 11.7. The van der Waals surface area contributed by atoms with Crippen LogP contribution in [0.15, 0.2) is 0 Å². The van der Waals surface area contributed by atoms with Gasteiger partial charge in [-0.15, -0.1) is 0 Å². The molecule has 0 rings (SSSR count). The van der Waals surface area contributed by atoms with Gasteiger partial charge in [-0.2, -0.15) is 0 Å². The van der Waals surface area contributed by atoms with E-state index in [1.807, 2.05) is 13.8 Å². The molecule has 0 fully saturated rings. The highest BCUT2D eigenvalue weighted by molar-refractivity contribution is 5.90. The van der Waals surface area contributed by atoms with Crippen molar-refractivity contribution >= 4 is 11.7 Å². The van der Waals surface area contributed by atoms with E-state index in [9.17, 15) is 9.59 Å². The minimum atomic E-state index is -0.702. The predicted octanol–water partition coefficient (Wildman–Crippen LogP) is 0.206. The fraction of sp³-hybridized carbons (Fsp3) is 0.833. The van der Waals surface area contributed by atoms with Gasteiger partial charge in [0.25, 0.3) is 0 Å². The zero-order valence-electron chi connectivity index (χ0n) is 10.9. The highest BCUT2D eigenvalue weighted by atomic mass is 16.3. The molecular weight excluding hydrogens is 220 g/mol. The van der Waals surface area contributed by atoms with Gasteiger partial charge in [0.15, 0.2) is 5.78 Å². The number of nitrogens with two attached hydrogens (primary N) is 1. The van der Waals surface area contributed by atoms with Crippen LogP contribution >= 0.6 is 0 Å². The van der Waals surface area contributed by atoms with Crippen LogP contribution in [0, 0.1) is 5.92 Å². The first-order valence-electron chi connectivity index (χ1n) is 6.13. The lowest BCUT2D eigenvalue weighted by Crippen LogP contribution is -2.44. The highest BCUT2D eigenvalue weighted by Crippen LogP contribution is 2.08. The van der Waals surface area contributed by atoms with Crippen molar-refractivity contribution in [1.29, 1.82) is 0 Å². The number of carbonyl (C=O) groups excluding carboxylic acids is 2. The first kappa shape index (κ1) is 16.1. The Morgan fingerprint density at radius 3 is 2.35 bits per heavy atom. The lowest BCUT2D eigenvalue weighted by molar-refractivity contribution is -0.130. The average molecular weight is 244 g/mol. The minimum Gasteiger partial charge on any atom is -0.393 e.